The van der Waals surface area contributed by atoms with Crippen molar-refractivity contribution in [3.8, 4) is 0 Å². The van der Waals surface area contributed by atoms with E-state index in [9.17, 15) is 4.79 Å². The smallest absolute Gasteiger partial charge is 0.216 e. The van der Waals surface area contributed by atoms with Gasteiger partial charge >= 0.3 is 0 Å². The van der Waals surface area contributed by atoms with Crippen LogP contribution in [0.25, 0.3) is 0 Å². The van der Waals surface area contributed by atoms with Gasteiger partial charge in [-0.3, -0.25) is 4.79 Å². The Labute approximate surface area is 85.8 Å². The van der Waals surface area contributed by atoms with Crippen LogP contribution in [0.4, 0.5) is 0 Å². The predicted octanol–water partition coefficient (Wildman–Crippen LogP) is -0.207. The summed E-state index contributed by atoms with van der Waals surface area (Å²) in [7, 11) is 0. The second-order valence-corrected chi connectivity index (χ2v) is 4.03. The number of nitrogens with two attached hydrogens (primary N) is 1. The maximum absolute atomic E-state index is 10.7. The molecular formula is C10H21N3O. The van der Waals surface area contributed by atoms with Crippen molar-refractivity contribution in [1.82, 2.24) is 10.2 Å². The van der Waals surface area contributed by atoms with Crippen molar-refractivity contribution in [3.05, 3.63) is 0 Å². The Hall–Kier alpha value is -0.610. The third-order valence-electron chi connectivity index (χ3n) is 2.74. The lowest BCUT2D eigenvalue weighted by Gasteiger charge is -2.31. The highest BCUT2D eigenvalue weighted by atomic mass is 16.1. The van der Waals surface area contributed by atoms with Crippen molar-refractivity contribution >= 4 is 5.91 Å². The van der Waals surface area contributed by atoms with Gasteiger partial charge in [0.25, 0.3) is 0 Å². The number of rotatable bonds is 4. The van der Waals surface area contributed by atoms with Crippen LogP contribution in [0.2, 0.25) is 0 Å². The molecule has 1 saturated heterocycles. The summed E-state index contributed by atoms with van der Waals surface area (Å²) < 4.78 is 0. The molecule has 0 aromatic heterocycles. The molecule has 1 heterocycles. The molecule has 1 fully saturated rings. The Bertz CT molecular complexity index is 184. The second-order valence-electron chi connectivity index (χ2n) is 4.03. The highest BCUT2D eigenvalue weighted by molar-refractivity contribution is 5.72. The van der Waals surface area contributed by atoms with Crippen molar-refractivity contribution in [2.24, 2.45) is 11.7 Å². The van der Waals surface area contributed by atoms with Crippen molar-refractivity contribution in [1.29, 1.82) is 0 Å². The molecule has 1 aliphatic heterocycles. The zero-order valence-corrected chi connectivity index (χ0v) is 8.96. The minimum atomic E-state index is 0.0531. The van der Waals surface area contributed by atoms with Gasteiger partial charge < -0.3 is 16.0 Å². The van der Waals surface area contributed by atoms with E-state index in [1.807, 2.05) is 0 Å². The fourth-order valence-corrected chi connectivity index (χ4v) is 1.94. The molecule has 82 valence electrons. The van der Waals surface area contributed by atoms with E-state index in [4.69, 9.17) is 5.73 Å². The first-order valence-corrected chi connectivity index (χ1v) is 5.39. The first kappa shape index (κ1) is 11.5. The molecule has 3 N–H and O–H groups in total. The number of hydrogen-bond acceptors (Lipinski definition) is 3. The van der Waals surface area contributed by atoms with E-state index in [0.717, 1.165) is 32.7 Å². The zero-order chi connectivity index (χ0) is 10.4. The summed E-state index contributed by atoms with van der Waals surface area (Å²) in [5, 5.41) is 2.81. The van der Waals surface area contributed by atoms with Crippen molar-refractivity contribution in [2.75, 3.05) is 32.7 Å². The maximum Gasteiger partial charge on any atom is 0.216 e. The number of amides is 1. The Balaban J connectivity index is 2.14. The predicted molar refractivity (Wildman–Crippen MR) is 56.9 cm³/mol. The molecule has 14 heavy (non-hydrogen) atoms. The van der Waals surface area contributed by atoms with Gasteiger partial charge in [0.05, 0.1) is 0 Å². The summed E-state index contributed by atoms with van der Waals surface area (Å²) in [6, 6.07) is 0. The van der Waals surface area contributed by atoms with E-state index in [-0.39, 0.29) is 5.91 Å². The number of hydrogen-bond donors (Lipinski definition) is 2. The summed E-state index contributed by atoms with van der Waals surface area (Å²) in [6.07, 6.45) is 2.50. The number of carbonyl (C=O) groups excluding carboxylic acids is 1. The van der Waals surface area contributed by atoms with Gasteiger partial charge in [-0.05, 0) is 31.8 Å². The van der Waals surface area contributed by atoms with Crippen LogP contribution in [0.3, 0.4) is 0 Å². The SMILES string of the molecule is CC(=O)NCCN1CCCC(CN)C1. The molecular weight excluding hydrogens is 178 g/mol. The molecule has 1 unspecified atom stereocenters. The van der Waals surface area contributed by atoms with Crippen molar-refractivity contribution in [3.63, 3.8) is 0 Å². The highest BCUT2D eigenvalue weighted by Crippen LogP contribution is 2.14. The molecule has 0 aromatic rings. The summed E-state index contributed by atoms with van der Waals surface area (Å²) in [5.41, 5.74) is 5.65. The molecule has 0 aromatic carbocycles. The molecule has 4 nitrogen and oxygen atoms in total. The number of piperidine rings is 1. The fourth-order valence-electron chi connectivity index (χ4n) is 1.94. The highest BCUT2D eigenvalue weighted by Gasteiger charge is 2.17. The quantitative estimate of drug-likeness (QED) is 0.659. The third-order valence-corrected chi connectivity index (χ3v) is 2.74. The number of nitrogens with one attached hydrogen (secondary N) is 1. The Kier molecular flexibility index (Phi) is 4.90. The topological polar surface area (TPSA) is 58.4 Å². The third kappa shape index (κ3) is 4.07. The largest absolute Gasteiger partial charge is 0.355 e. The van der Waals surface area contributed by atoms with Gasteiger partial charge in [-0.25, -0.2) is 0 Å². The van der Waals surface area contributed by atoms with Gasteiger partial charge in [-0.2, -0.15) is 0 Å². The molecule has 0 bridgehead atoms. The Morgan fingerprint density at radius 2 is 2.43 bits per heavy atom. The van der Waals surface area contributed by atoms with Gasteiger partial charge in [0.1, 0.15) is 0 Å². The molecule has 0 radical (unpaired) electrons. The van der Waals surface area contributed by atoms with Crippen LogP contribution in [-0.4, -0.2) is 43.5 Å². The lowest BCUT2D eigenvalue weighted by atomic mass is 9.98. The fraction of sp³-hybridized carbons (Fsp3) is 0.900. The van der Waals surface area contributed by atoms with Crippen molar-refractivity contribution < 1.29 is 4.79 Å². The van der Waals surface area contributed by atoms with E-state index >= 15 is 0 Å². The molecule has 1 aliphatic rings. The first-order valence-electron chi connectivity index (χ1n) is 5.39. The summed E-state index contributed by atoms with van der Waals surface area (Å²) >= 11 is 0. The van der Waals surface area contributed by atoms with Gasteiger partial charge in [0, 0.05) is 26.6 Å². The van der Waals surface area contributed by atoms with E-state index in [1.54, 1.807) is 6.92 Å². The molecule has 4 heteroatoms. The molecule has 1 rings (SSSR count). The first-order chi connectivity index (χ1) is 6.72. The van der Waals surface area contributed by atoms with Crippen LogP contribution >= 0.6 is 0 Å². The molecule has 0 aliphatic carbocycles. The van der Waals surface area contributed by atoms with E-state index in [1.165, 1.54) is 12.8 Å². The summed E-state index contributed by atoms with van der Waals surface area (Å²) in [6.45, 7) is 6.30. The van der Waals surface area contributed by atoms with Gasteiger partial charge in [-0.1, -0.05) is 0 Å². The van der Waals surface area contributed by atoms with Gasteiger partial charge in [-0.15, -0.1) is 0 Å². The second kappa shape index (κ2) is 5.98. The normalized spacial score (nSPS) is 23.4. The number of carbonyl (C=O) groups is 1. The van der Waals surface area contributed by atoms with E-state index in [2.05, 4.69) is 10.2 Å². The summed E-state index contributed by atoms with van der Waals surface area (Å²) in [5.74, 6) is 0.707. The minimum absolute atomic E-state index is 0.0531. The molecule has 1 atom stereocenters. The van der Waals surface area contributed by atoms with Crippen LogP contribution in [-0.2, 0) is 4.79 Å². The van der Waals surface area contributed by atoms with Gasteiger partial charge in [0.15, 0.2) is 0 Å². The maximum atomic E-state index is 10.7. The van der Waals surface area contributed by atoms with E-state index in [0.29, 0.717) is 5.92 Å². The van der Waals surface area contributed by atoms with Crippen LogP contribution in [0, 0.1) is 5.92 Å². The molecule has 0 saturated carbocycles. The van der Waals surface area contributed by atoms with Gasteiger partial charge in [0.2, 0.25) is 5.91 Å². The molecule has 0 spiro atoms. The van der Waals surface area contributed by atoms with Crippen LogP contribution in [0.5, 0.6) is 0 Å². The Morgan fingerprint density at radius 1 is 1.64 bits per heavy atom. The minimum Gasteiger partial charge on any atom is -0.355 e. The monoisotopic (exact) mass is 199 g/mol. The summed E-state index contributed by atoms with van der Waals surface area (Å²) in [4.78, 5) is 13.0. The average Bonchev–Trinajstić information content (AvgIpc) is 2.18. The Morgan fingerprint density at radius 3 is 3.07 bits per heavy atom. The van der Waals surface area contributed by atoms with Crippen LogP contribution < -0.4 is 11.1 Å². The van der Waals surface area contributed by atoms with Crippen LogP contribution in [0.1, 0.15) is 19.8 Å². The zero-order valence-electron chi connectivity index (χ0n) is 8.96. The standard InChI is InChI=1S/C10H21N3O/c1-9(14)12-4-6-13-5-2-3-10(7-11)8-13/h10H,2-8,11H2,1H3,(H,12,14). The lowest BCUT2D eigenvalue weighted by Crippen LogP contribution is -2.42. The van der Waals surface area contributed by atoms with E-state index < -0.39 is 0 Å². The molecule has 1 amide bonds. The lowest BCUT2D eigenvalue weighted by molar-refractivity contribution is -0.119. The van der Waals surface area contributed by atoms with Crippen LogP contribution in [0.15, 0.2) is 0 Å². The van der Waals surface area contributed by atoms with Crippen molar-refractivity contribution in [2.45, 2.75) is 19.8 Å². The average molecular weight is 199 g/mol. The number of likely N-dealkylation sites (tertiary alicyclic amines) is 1. The number of nitrogens with zero attached hydrogens (tertiary/aromatic N) is 1.